The summed E-state index contributed by atoms with van der Waals surface area (Å²) in [7, 11) is 0. The van der Waals surface area contributed by atoms with Crippen LogP contribution in [-0.2, 0) is 0 Å². The molecule has 1 unspecified atom stereocenters. The summed E-state index contributed by atoms with van der Waals surface area (Å²) >= 11 is 0. The maximum Gasteiger partial charge on any atom is 0.00965 e. The van der Waals surface area contributed by atoms with Gasteiger partial charge >= 0.3 is 0 Å². The predicted octanol–water partition coefficient (Wildman–Crippen LogP) is 2.25. The van der Waals surface area contributed by atoms with Crippen LogP contribution in [-0.4, -0.2) is 37.1 Å². The van der Waals surface area contributed by atoms with E-state index in [1.807, 2.05) is 0 Å². The third-order valence-corrected chi connectivity index (χ3v) is 4.99. The maximum absolute atomic E-state index is 3.50. The minimum atomic E-state index is 0.784. The molecule has 0 aromatic carbocycles. The molecule has 3 fully saturated rings. The SMILES string of the molecule is CCCN(CC1CC12CCNCC2)C1CC1. The Balaban J connectivity index is 1.51. The fourth-order valence-electron chi connectivity index (χ4n) is 3.66. The van der Waals surface area contributed by atoms with Gasteiger partial charge < -0.3 is 10.2 Å². The minimum Gasteiger partial charge on any atom is -0.317 e. The van der Waals surface area contributed by atoms with E-state index in [-0.39, 0.29) is 0 Å². The summed E-state index contributed by atoms with van der Waals surface area (Å²) in [6, 6.07) is 0.972. The van der Waals surface area contributed by atoms with Crippen molar-refractivity contribution >= 4 is 0 Å². The lowest BCUT2D eigenvalue weighted by Gasteiger charge is -2.27. The molecule has 1 heterocycles. The molecular weight excluding hydrogens is 196 g/mol. The highest BCUT2D eigenvalue weighted by Gasteiger charge is 2.54. The zero-order chi connectivity index (χ0) is 11.0. The molecule has 1 spiro atoms. The van der Waals surface area contributed by atoms with Crippen molar-refractivity contribution in [2.45, 2.75) is 51.5 Å². The third kappa shape index (κ3) is 2.14. The van der Waals surface area contributed by atoms with Crippen LogP contribution in [0.1, 0.15) is 45.4 Å². The molecule has 2 nitrogen and oxygen atoms in total. The summed E-state index contributed by atoms with van der Waals surface area (Å²) in [4.78, 5) is 2.79. The summed E-state index contributed by atoms with van der Waals surface area (Å²) < 4.78 is 0. The van der Waals surface area contributed by atoms with Gasteiger partial charge in [-0.15, -0.1) is 0 Å². The van der Waals surface area contributed by atoms with Gasteiger partial charge in [0.15, 0.2) is 0 Å². The molecule has 16 heavy (non-hydrogen) atoms. The summed E-state index contributed by atoms with van der Waals surface area (Å²) in [5.74, 6) is 1.04. The molecule has 0 bridgehead atoms. The van der Waals surface area contributed by atoms with Gasteiger partial charge in [0.05, 0.1) is 0 Å². The van der Waals surface area contributed by atoms with Gasteiger partial charge in [0.2, 0.25) is 0 Å². The fourth-order valence-corrected chi connectivity index (χ4v) is 3.66. The molecule has 3 aliphatic rings. The normalized spacial score (nSPS) is 32.2. The number of hydrogen-bond acceptors (Lipinski definition) is 2. The molecule has 1 N–H and O–H groups in total. The van der Waals surface area contributed by atoms with Crippen molar-refractivity contribution in [2.24, 2.45) is 11.3 Å². The van der Waals surface area contributed by atoms with E-state index in [9.17, 15) is 0 Å². The molecule has 92 valence electrons. The monoisotopic (exact) mass is 222 g/mol. The second-order valence-electron chi connectivity index (χ2n) is 6.24. The molecule has 0 aromatic rings. The first-order valence-electron chi connectivity index (χ1n) is 7.29. The molecule has 1 atom stereocenters. The van der Waals surface area contributed by atoms with Crippen LogP contribution >= 0.6 is 0 Å². The van der Waals surface area contributed by atoms with Crippen LogP contribution in [0.25, 0.3) is 0 Å². The zero-order valence-electron chi connectivity index (χ0n) is 10.7. The second kappa shape index (κ2) is 4.30. The number of piperidine rings is 1. The minimum absolute atomic E-state index is 0.784. The van der Waals surface area contributed by atoms with E-state index in [1.54, 1.807) is 0 Å². The van der Waals surface area contributed by atoms with Crippen LogP contribution in [0.4, 0.5) is 0 Å². The molecule has 0 radical (unpaired) electrons. The highest BCUT2D eigenvalue weighted by Crippen LogP contribution is 2.59. The molecule has 0 aromatic heterocycles. The standard InChI is InChI=1S/C14H26N2/c1-2-9-16(13-3-4-13)11-12-10-14(12)5-7-15-8-6-14/h12-13,15H,2-11H2,1H3. The smallest absolute Gasteiger partial charge is 0.00965 e. The van der Waals surface area contributed by atoms with Gasteiger partial charge in [-0.2, -0.15) is 0 Å². The number of rotatable bonds is 5. The Hall–Kier alpha value is -0.0800. The van der Waals surface area contributed by atoms with Gasteiger partial charge in [-0.1, -0.05) is 6.92 Å². The number of nitrogens with zero attached hydrogens (tertiary/aromatic N) is 1. The van der Waals surface area contributed by atoms with Crippen molar-refractivity contribution in [1.82, 2.24) is 10.2 Å². The van der Waals surface area contributed by atoms with Gasteiger partial charge in [-0.25, -0.2) is 0 Å². The topological polar surface area (TPSA) is 15.3 Å². The first kappa shape index (κ1) is 11.0. The Kier molecular flexibility index (Phi) is 2.97. The summed E-state index contributed by atoms with van der Waals surface area (Å²) in [5.41, 5.74) is 0.784. The van der Waals surface area contributed by atoms with Crippen LogP contribution in [0, 0.1) is 11.3 Å². The molecule has 1 saturated heterocycles. The van der Waals surface area contributed by atoms with Crippen molar-refractivity contribution in [2.75, 3.05) is 26.2 Å². The molecule has 2 saturated carbocycles. The molecule has 0 amide bonds. The second-order valence-corrected chi connectivity index (χ2v) is 6.24. The Morgan fingerprint density at radius 1 is 1.25 bits per heavy atom. The maximum atomic E-state index is 3.50. The Morgan fingerprint density at radius 2 is 2.00 bits per heavy atom. The van der Waals surface area contributed by atoms with E-state index in [0.717, 1.165) is 17.4 Å². The highest BCUT2D eigenvalue weighted by molar-refractivity contribution is 5.06. The summed E-state index contributed by atoms with van der Waals surface area (Å²) in [5, 5.41) is 3.50. The van der Waals surface area contributed by atoms with Crippen molar-refractivity contribution < 1.29 is 0 Å². The first-order valence-corrected chi connectivity index (χ1v) is 7.29. The largest absolute Gasteiger partial charge is 0.317 e. The number of nitrogens with one attached hydrogen (secondary N) is 1. The van der Waals surface area contributed by atoms with Crippen LogP contribution in [0.15, 0.2) is 0 Å². The molecule has 2 heteroatoms. The van der Waals surface area contributed by atoms with E-state index in [0.29, 0.717) is 0 Å². The molecule has 1 aliphatic heterocycles. The van der Waals surface area contributed by atoms with Crippen LogP contribution in [0.5, 0.6) is 0 Å². The van der Waals surface area contributed by atoms with Gasteiger partial charge in [0.25, 0.3) is 0 Å². The van der Waals surface area contributed by atoms with Gasteiger partial charge in [0.1, 0.15) is 0 Å². The molecule has 3 rings (SSSR count). The number of hydrogen-bond donors (Lipinski definition) is 1. The summed E-state index contributed by atoms with van der Waals surface area (Å²) in [6.45, 7) is 7.62. The lowest BCUT2D eigenvalue weighted by atomic mass is 9.92. The lowest BCUT2D eigenvalue weighted by molar-refractivity contribution is 0.221. The summed E-state index contributed by atoms with van der Waals surface area (Å²) in [6.07, 6.45) is 8.70. The molecule has 2 aliphatic carbocycles. The van der Waals surface area contributed by atoms with Crippen molar-refractivity contribution in [1.29, 1.82) is 0 Å². The Bertz CT molecular complexity index is 241. The van der Waals surface area contributed by atoms with Crippen molar-refractivity contribution in [3.05, 3.63) is 0 Å². The quantitative estimate of drug-likeness (QED) is 0.767. The fraction of sp³-hybridized carbons (Fsp3) is 1.00. The zero-order valence-corrected chi connectivity index (χ0v) is 10.7. The van der Waals surface area contributed by atoms with Gasteiger partial charge in [0, 0.05) is 12.6 Å². The van der Waals surface area contributed by atoms with E-state index in [2.05, 4.69) is 17.1 Å². The van der Waals surface area contributed by atoms with Crippen molar-refractivity contribution in [3.63, 3.8) is 0 Å². The Labute approximate surface area is 99.8 Å². The average molecular weight is 222 g/mol. The van der Waals surface area contributed by atoms with E-state index >= 15 is 0 Å². The van der Waals surface area contributed by atoms with Crippen molar-refractivity contribution in [3.8, 4) is 0 Å². The van der Waals surface area contributed by atoms with E-state index in [4.69, 9.17) is 0 Å². The van der Waals surface area contributed by atoms with Gasteiger partial charge in [-0.3, -0.25) is 0 Å². The predicted molar refractivity (Wildman–Crippen MR) is 67.5 cm³/mol. The van der Waals surface area contributed by atoms with Crippen LogP contribution in [0.2, 0.25) is 0 Å². The lowest BCUT2D eigenvalue weighted by Crippen LogP contribution is -2.34. The Morgan fingerprint density at radius 3 is 2.62 bits per heavy atom. The van der Waals surface area contributed by atoms with Crippen LogP contribution < -0.4 is 5.32 Å². The van der Waals surface area contributed by atoms with E-state index < -0.39 is 0 Å². The van der Waals surface area contributed by atoms with E-state index in [1.165, 1.54) is 64.7 Å². The van der Waals surface area contributed by atoms with Crippen LogP contribution in [0.3, 0.4) is 0 Å². The molecular formula is C14H26N2. The highest BCUT2D eigenvalue weighted by atomic mass is 15.2. The third-order valence-electron chi connectivity index (χ3n) is 4.99. The average Bonchev–Trinajstić information content (AvgIpc) is 3.18. The van der Waals surface area contributed by atoms with Gasteiger partial charge in [-0.05, 0) is 69.5 Å². The first-order chi connectivity index (χ1) is 7.84.